The second-order valence-electron chi connectivity index (χ2n) is 0.612. The van der Waals surface area contributed by atoms with Crippen LogP contribution in [0.25, 0.3) is 0 Å². The normalized spacial score (nSPS) is 10.0. The van der Waals surface area contributed by atoms with Gasteiger partial charge in [0.15, 0.2) is 0 Å². The molecule has 1 saturated heterocycles. The van der Waals surface area contributed by atoms with Crippen molar-refractivity contribution in [2.24, 2.45) is 0 Å². The van der Waals surface area contributed by atoms with Crippen LogP contribution in [-0.4, -0.2) is 13.2 Å². The second kappa shape index (κ2) is 32.0. The highest BCUT2D eigenvalue weighted by Crippen LogP contribution is 1.84. The standard InChI is InChI=1S/C2H4O.2C2H4.CH4/c1-2-3-1;2*1-2;/h1-2H2;2*1-2H2;1H4. The first-order valence-electron chi connectivity index (χ1n) is 2.08. The summed E-state index contributed by atoms with van der Waals surface area (Å²) < 4.78 is 4.50. The fourth-order valence-electron chi connectivity index (χ4n) is 0. The minimum Gasteiger partial charge on any atom is -0.377 e. The van der Waals surface area contributed by atoms with Gasteiger partial charge in [-0.1, -0.05) is 7.43 Å². The predicted octanol–water partition coefficient (Wildman–Crippen LogP) is 2.26. The Hall–Kier alpha value is -0.560. The van der Waals surface area contributed by atoms with Gasteiger partial charge in [0.25, 0.3) is 0 Å². The Kier molecular flexibility index (Phi) is 62.6. The van der Waals surface area contributed by atoms with E-state index in [1.54, 1.807) is 0 Å². The maximum Gasteiger partial charge on any atom is 0.0701 e. The van der Waals surface area contributed by atoms with Crippen molar-refractivity contribution in [3.05, 3.63) is 26.3 Å². The highest BCUT2D eigenvalue weighted by atomic mass is 16.6. The van der Waals surface area contributed by atoms with E-state index in [4.69, 9.17) is 0 Å². The largest absolute Gasteiger partial charge is 0.377 e. The number of epoxide rings is 1. The van der Waals surface area contributed by atoms with E-state index in [1.165, 1.54) is 0 Å². The topological polar surface area (TPSA) is 12.5 Å². The third-order valence-corrected chi connectivity index (χ3v) is 0.204. The van der Waals surface area contributed by atoms with Crippen molar-refractivity contribution in [2.75, 3.05) is 13.2 Å². The average Bonchev–Trinajstić information content (AvgIpc) is 2.58. The van der Waals surface area contributed by atoms with E-state index in [2.05, 4.69) is 31.1 Å². The van der Waals surface area contributed by atoms with Crippen LogP contribution in [0.15, 0.2) is 26.3 Å². The van der Waals surface area contributed by atoms with Gasteiger partial charge in [-0.15, -0.1) is 26.3 Å². The molecular formula is C7H16O. The smallest absolute Gasteiger partial charge is 0.0701 e. The zero-order valence-electron chi connectivity index (χ0n) is 4.65. The van der Waals surface area contributed by atoms with E-state index in [1.807, 2.05) is 0 Å². The molecule has 1 rings (SSSR count). The maximum atomic E-state index is 4.50. The fourth-order valence-corrected chi connectivity index (χ4v) is 0. The molecule has 0 amide bonds. The van der Waals surface area contributed by atoms with Crippen LogP contribution in [-0.2, 0) is 4.74 Å². The van der Waals surface area contributed by atoms with Gasteiger partial charge in [0.05, 0.1) is 13.2 Å². The summed E-state index contributed by atoms with van der Waals surface area (Å²) in [6.07, 6.45) is 0. The van der Waals surface area contributed by atoms with E-state index in [0.717, 1.165) is 13.2 Å². The molecule has 0 unspecified atom stereocenters. The zero-order chi connectivity index (χ0) is 6.12. The summed E-state index contributed by atoms with van der Waals surface area (Å²) >= 11 is 0. The summed E-state index contributed by atoms with van der Waals surface area (Å²) in [4.78, 5) is 0. The van der Waals surface area contributed by atoms with Gasteiger partial charge in [0.2, 0.25) is 0 Å². The Bertz CT molecular complexity index is 20.8. The molecule has 1 aliphatic rings. The quantitative estimate of drug-likeness (QED) is 0.349. The third-order valence-electron chi connectivity index (χ3n) is 0.204. The Balaban J connectivity index is -0.0000000467. The van der Waals surface area contributed by atoms with Crippen molar-refractivity contribution < 1.29 is 4.74 Å². The van der Waals surface area contributed by atoms with Crippen LogP contribution in [0.4, 0.5) is 0 Å². The van der Waals surface area contributed by atoms with E-state index in [9.17, 15) is 0 Å². The highest BCUT2D eigenvalue weighted by Gasteiger charge is 1.94. The zero-order valence-corrected chi connectivity index (χ0v) is 4.65. The molecule has 8 heavy (non-hydrogen) atoms. The minimum atomic E-state index is 0. The van der Waals surface area contributed by atoms with Gasteiger partial charge in [-0.3, -0.25) is 0 Å². The van der Waals surface area contributed by atoms with Gasteiger partial charge in [0, 0.05) is 0 Å². The van der Waals surface area contributed by atoms with Crippen LogP contribution in [0, 0.1) is 0 Å². The van der Waals surface area contributed by atoms with Crippen LogP contribution in [0.5, 0.6) is 0 Å². The summed E-state index contributed by atoms with van der Waals surface area (Å²) in [7, 11) is 0. The molecule has 1 heterocycles. The molecule has 0 saturated carbocycles. The molecule has 0 bridgehead atoms. The molecule has 0 aromatic carbocycles. The molecule has 0 N–H and O–H groups in total. The van der Waals surface area contributed by atoms with Crippen LogP contribution in [0.2, 0.25) is 0 Å². The SMILES string of the molecule is C.C1CO1.C=C.C=C. The molecular weight excluding hydrogens is 100 g/mol. The number of rotatable bonds is 0. The molecule has 1 nitrogen and oxygen atoms in total. The van der Waals surface area contributed by atoms with Crippen molar-refractivity contribution in [1.82, 2.24) is 0 Å². The number of hydrogen-bond acceptors (Lipinski definition) is 1. The lowest BCUT2D eigenvalue weighted by Crippen LogP contribution is -1.20. The minimum absolute atomic E-state index is 0. The van der Waals surface area contributed by atoms with E-state index < -0.39 is 0 Å². The van der Waals surface area contributed by atoms with Crippen molar-refractivity contribution >= 4 is 0 Å². The van der Waals surface area contributed by atoms with Crippen LogP contribution >= 0.6 is 0 Å². The summed E-state index contributed by atoms with van der Waals surface area (Å²) in [5.41, 5.74) is 0. The van der Waals surface area contributed by atoms with Crippen LogP contribution in [0.1, 0.15) is 7.43 Å². The Labute approximate surface area is 52.7 Å². The monoisotopic (exact) mass is 116 g/mol. The lowest BCUT2D eigenvalue weighted by Gasteiger charge is -1.24. The Morgan fingerprint density at radius 1 is 0.875 bits per heavy atom. The predicted molar refractivity (Wildman–Crippen MR) is 40.1 cm³/mol. The van der Waals surface area contributed by atoms with Gasteiger partial charge in [0.1, 0.15) is 0 Å². The molecule has 50 valence electrons. The number of ether oxygens (including phenoxy) is 1. The molecule has 1 fully saturated rings. The molecule has 0 atom stereocenters. The third kappa shape index (κ3) is 554. The lowest BCUT2D eigenvalue weighted by atomic mass is 11.0. The Morgan fingerprint density at radius 2 is 1.00 bits per heavy atom. The van der Waals surface area contributed by atoms with Gasteiger partial charge in [-0.25, -0.2) is 0 Å². The average molecular weight is 116 g/mol. The second-order valence-corrected chi connectivity index (χ2v) is 0.612. The molecule has 0 aliphatic carbocycles. The van der Waals surface area contributed by atoms with Crippen molar-refractivity contribution in [3.63, 3.8) is 0 Å². The summed E-state index contributed by atoms with van der Waals surface area (Å²) in [6.45, 7) is 14.0. The van der Waals surface area contributed by atoms with Gasteiger partial charge < -0.3 is 4.74 Å². The van der Waals surface area contributed by atoms with E-state index in [0.29, 0.717) is 0 Å². The molecule has 1 heteroatoms. The fraction of sp³-hybridized carbons (Fsp3) is 0.429. The first-order chi connectivity index (χ1) is 3.50. The van der Waals surface area contributed by atoms with Gasteiger partial charge in [-0.2, -0.15) is 0 Å². The van der Waals surface area contributed by atoms with E-state index in [-0.39, 0.29) is 7.43 Å². The summed E-state index contributed by atoms with van der Waals surface area (Å²) in [6, 6.07) is 0. The first-order valence-corrected chi connectivity index (χ1v) is 2.08. The Morgan fingerprint density at radius 3 is 1.00 bits per heavy atom. The molecule has 0 spiro atoms. The molecule has 0 radical (unpaired) electrons. The maximum absolute atomic E-state index is 4.50. The summed E-state index contributed by atoms with van der Waals surface area (Å²) in [5.74, 6) is 0. The molecule has 0 aromatic rings. The molecule has 0 aromatic heterocycles. The van der Waals surface area contributed by atoms with Crippen molar-refractivity contribution in [1.29, 1.82) is 0 Å². The highest BCUT2D eigenvalue weighted by molar-refractivity contribution is 4.36. The van der Waals surface area contributed by atoms with Gasteiger partial charge in [-0.05, 0) is 0 Å². The van der Waals surface area contributed by atoms with E-state index >= 15 is 0 Å². The van der Waals surface area contributed by atoms with Crippen LogP contribution in [0.3, 0.4) is 0 Å². The van der Waals surface area contributed by atoms with Crippen molar-refractivity contribution in [3.8, 4) is 0 Å². The lowest BCUT2D eigenvalue weighted by molar-refractivity contribution is 0.475. The summed E-state index contributed by atoms with van der Waals surface area (Å²) in [5, 5.41) is 0. The molecule has 1 aliphatic heterocycles. The first kappa shape index (κ1) is 15.7. The number of hydrogen-bond donors (Lipinski definition) is 0. The van der Waals surface area contributed by atoms with Gasteiger partial charge >= 0.3 is 0 Å². The van der Waals surface area contributed by atoms with Crippen molar-refractivity contribution in [2.45, 2.75) is 7.43 Å². The van der Waals surface area contributed by atoms with Crippen LogP contribution < -0.4 is 0 Å².